The number of aryl methyl sites for hydroxylation is 2. The summed E-state index contributed by atoms with van der Waals surface area (Å²) < 4.78 is 3.72. The third-order valence-corrected chi connectivity index (χ3v) is 5.45. The number of nitrogens with one attached hydrogen (secondary N) is 1. The van der Waals surface area contributed by atoms with Gasteiger partial charge in [-0.2, -0.15) is 0 Å². The molecule has 1 aliphatic rings. The Labute approximate surface area is 155 Å². The van der Waals surface area contributed by atoms with Gasteiger partial charge in [0.25, 0.3) is 5.56 Å². The van der Waals surface area contributed by atoms with Crippen LogP contribution in [0.5, 0.6) is 0 Å². The summed E-state index contributed by atoms with van der Waals surface area (Å²) in [5.41, 5.74) is 1.76. The zero-order chi connectivity index (χ0) is 16.7. The monoisotopic (exact) mass is 380 g/mol. The number of aromatic nitrogens is 4. The van der Waals surface area contributed by atoms with Gasteiger partial charge in [0.05, 0.1) is 11.7 Å². The molecule has 1 N–H and O–H groups in total. The van der Waals surface area contributed by atoms with E-state index in [2.05, 4.69) is 24.8 Å². The molecule has 7 nitrogen and oxygen atoms in total. The van der Waals surface area contributed by atoms with Crippen molar-refractivity contribution >= 4 is 28.7 Å². The first-order valence-corrected chi connectivity index (χ1v) is 8.90. The maximum absolute atomic E-state index is 12.4. The normalized spacial score (nSPS) is 18.4. The predicted octanol–water partition coefficient (Wildman–Crippen LogP) is 1.37. The standard InChI is InChI=1S/C16H20N6OS.ClH/c1-11-10-24-16-19-12(7-14(23)22(11)16)9-21-6-3-17-8-13(21)15-18-4-5-20(15)2;/h4-5,7,10,13,17H,3,6,8-9H2,1-2H3;1H. The van der Waals surface area contributed by atoms with Crippen molar-refractivity contribution < 1.29 is 0 Å². The average Bonchev–Trinajstić information content (AvgIpc) is 3.14. The highest BCUT2D eigenvalue weighted by atomic mass is 35.5. The number of thiazole rings is 1. The van der Waals surface area contributed by atoms with Crippen LogP contribution in [0.2, 0.25) is 0 Å². The molecular weight excluding hydrogens is 360 g/mol. The third-order valence-electron chi connectivity index (χ3n) is 4.50. The Balaban J connectivity index is 0.00000182. The van der Waals surface area contributed by atoms with E-state index in [9.17, 15) is 4.79 Å². The van der Waals surface area contributed by atoms with E-state index in [0.29, 0.717) is 6.54 Å². The maximum Gasteiger partial charge on any atom is 0.259 e. The number of halogens is 1. The SMILES string of the molecule is Cc1csc2nc(CN3CCNCC3c3nccn3C)cc(=O)n12.Cl. The molecule has 25 heavy (non-hydrogen) atoms. The summed E-state index contributed by atoms with van der Waals surface area (Å²) in [6, 6.07) is 1.84. The van der Waals surface area contributed by atoms with Gasteiger partial charge in [0.15, 0.2) is 4.96 Å². The smallest absolute Gasteiger partial charge is 0.259 e. The Morgan fingerprint density at radius 3 is 3.04 bits per heavy atom. The van der Waals surface area contributed by atoms with E-state index in [-0.39, 0.29) is 24.0 Å². The molecule has 0 amide bonds. The van der Waals surface area contributed by atoms with E-state index in [1.165, 1.54) is 11.3 Å². The summed E-state index contributed by atoms with van der Waals surface area (Å²) in [4.78, 5) is 24.7. The van der Waals surface area contributed by atoms with Crippen molar-refractivity contribution in [1.29, 1.82) is 0 Å². The molecule has 0 spiro atoms. The van der Waals surface area contributed by atoms with Crippen molar-refractivity contribution in [2.45, 2.75) is 19.5 Å². The Morgan fingerprint density at radius 2 is 2.28 bits per heavy atom. The molecule has 3 aromatic heterocycles. The summed E-state index contributed by atoms with van der Waals surface area (Å²) in [7, 11) is 2.01. The molecule has 0 radical (unpaired) electrons. The fourth-order valence-corrected chi connectivity index (χ4v) is 4.17. The van der Waals surface area contributed by atoms with E-state index in [1.54, 1.807) is 10.5 Å². The zero-order valence-electron chi connectivity index (χ0n) is 14.2. The minimum atomic E-state index is -0.00238. The van der Waals surface area contributed by atoms with Gasteiger partial charge in [-0.3, -0.25) is 14.1 Å². The lowest BCUT2D eigenvalue weighted by Crippen LogP contribution is -2.46. The van der Waals surface area contributed by atoms with Gasteiger partial charge in [0.2, 0.25) is 0 Å². The quantitative estimate of drug-likeness (QED) is 0.743. The van der Waals surface area contributed by atoms with Crippen LogP contribution in [-0.4, -0.2) is 43.5 Å². The van der Waals surface area contributed by atoms with Crippen molar-refractivity contribution in [1.82, 2.24) is 29.2 Å². The first-order chi connectivity index (χ1) is 11.6. The number of hydrogen-bond acceptors (Lipinski definition) is 6. The summed E-state index contributed by atoms with van der Waals surface area (Å²) in [6.45, 7) is 5.27. The third kappa shape index (κ3) is 3.35. The highest BCUT2D eigenvalue weighted by Gasteiger charge is 2.27. The summed E-state index contributed by atoms with van der Waals surface area (Å²) in [5.74, 6) is 1.03. The van der Waals surface area contributed by atoms with Gasteiger partial charge in [0, 0.05) is 62.8 Å². The van der Waals surface area contributed by atoms with Crippen LogP contribution in [0.1, 0.15) is 23.3 Å². The van der Waals surface area contributed by atoms with Crippen LogP contribution in [-0.2, 0) is 13.6 Å². The molecular formula is C16H21ClN6OS. The van der Waals surface area contributed by atoms with Gasteiger partial charge in [-0.15, -0.1) is 23.7 Å². The lowest BCUT2D eigenvalue weighted by molar-refractivity contribution is 0.143. The molecule has 1 atom stereocenters. The lowest BCUT2D eigenvalue weighted by Gasteiger charge is -2.35. The Kier molecular flexibility index (Phi) is 5.24. The van der Waals surface area contributed by atoms with Crippen molar-refractivity contribution in [3.05, 3.63) is 51.4 Å². The fourth-order valence-electron chi connectivity index (χ4n) is 3.28. The van der Waals surface area contributed by atoms with Crippen LogP contribution in [0.15, 0.2) is 28.6 Å². The average molecular weight is 381 g/mol. The largest absolute Gasteiger partial charge is 0.337 e. The molecule has 0 aromatic carbocycles. The molecule has 0 saturated carbocycles. The van der Waals surface area contributed by atoms with Crippen LogP contribution in [0.4, 0.5) is 0 Å². The minimum absolute atomic E-state index is 0. The van der Waals surface area contributed by atoms with Crippen LogP contribution in [0, 0.1) is 6.92 Å². The topological polar surface area (TPSA) is 67.5 Å². The molecule has 134 valence electrons. The van der Waals surface area contributed by atoms with Gasteiger partial charge in [-0.25, -0.2) is 9.97 Å². The molecule has 1 fully saturated rings. The minimum Gasteiger partial charge on any atom is -0.337 e. The molecule has 4 rings (SSSR count). The van der Waals surface area contributed by atoms with Crippen molar-refractivity contribution in [3.63, 3.8) is 0 Å². The second-order valence-corrected chi connectivity index (χ2v) is 7.00. The van der Waals surface area contributed by atoms with Crippen molar-refractivity contribution in [3.8, 4) is 0 Å². The van der Waals surface area contributed by atoms with E-state index >= 15 is 0 Å². The van der Waals surface area contributed by atoms with Gasteiger partial charge >= 0.3 is 0 Å². The van der Waals surface area contributed by atoms with Crippen LogP contribution >= 0.6 is 23.7 Å². The number of piperazine rings is 1. The highest BCUT2D eigenvalue weighted by molar-refractivity contribution is 7.15. The molecule has 1 unspecified atom stereocenters. The second-order valence-electron chi connectivity index (χ2n) is 6.17. The van der Waals surface area contributed by atoms with Gasteiger partial charge < -0.3 is 9.88 Å². The van der Waals surface area contributed by atoms with Gasteiger partial charge in [-0.05, 0) is 6.92 Å². The Hall–Kier alpha value is -1.74. The molecule has 4 heterocycles. The highest BCUT2D eigenvalue weighted by Crippen LogP contribution is 2.22. The molecule has 3 aromatic rings. The van der Waals surface area contributed by atoms with Crippen molar-refractivity contribution in [2.24, 2.45) is 7.05 Å². The van der Waals surface area contributed by atoms with E-state index in [1.807, 2.05) is 31.7 Å². The van der Waals surface area contributed by atoms with E-state index < -0.39 is 0 Å². The number of hydrogen-bond donors (Lipinski definition) is 1. The molecule has 0 bridgehead atoms. The Bertz CT molecular complexity index is 932. The van der Waals surface area contributed by atoms with Crippen molar-refractivity contribution in [2.75, 3.05) is 19.6 Å². The number of imidazole rings is 1. The lowest BCUT2D eigenvalue weighted by atomic mass is 10.1. The van der Waals surface area contributed by atoms with E-state index in [0.717, 1.165) is 41.8 Å². The zero-order valence-corrected chi connectivity index (χ0v) is 15.8. The van der Waals surface area contributed by atoms with Crippen LogP contribution < -0.4 is 10.9 Å². The summed E-state index contributed by atoms with van der Waals surface area (Å²) in [6.07, 6.45) is 3.79. The maximum atomic E-state index is 12.4. The molecule has 0 aliphatic carbocycles. The molecule has 1 saturated heterocycles. The first kappa shape index (κ1) is 18.1. The van der Waals surface area contributed by atoms with Crippen LogP contribution in [0.25, 0.3) is 4.96 Å². The Morgan fingerprint density at radius 1 is 1.44 bits per heavy atom. The van der Waals surface area contributed by atoms with E-state index in [4.69, 9.17) is 0 Å². The van der Waals surface area contributed by atoms with Gasteiger partial charge in [0.1, 0.15) is 5.82 Å². The second kappa shape index (κ2) is 7.25. The predicted molar refractivity (Wildman–Crippen MR) is 101 cm³/mol. The molecule has 9 heteroatoms. The fraction of sp³-hybridized carbons (Fsp3) is 0.438. The van der Waals surface area contributed by atoms with Gasteiger partial charge in [-0.1, -0.05) is 0 Å². The number of nitrogens with zero attached hydrogens (tertiary/aromatic N) is 5. The summed E-state index contributed by atoms with van der Waals surface area (Å²) in [5, 5.41) is 5.40. The molecule has 1 aliphatic heterocycles. The summed E-state index contributed by atoms with van der Waals surface area (Å²) >= 11 is 1.51. The number of fused-ring (bicyclic) bond motifs is 1. The number of rotatable bonds is 3. The first-order valence-electron chi connectivity index (χ1n) is 8.02. The van der Waals surface area contributed by atoms with Crippen LogP contribution in [0.3, 0.4) is 0 Å².